The number of nitrogens with one attached hydrogen (secondary N) is 1. The molecular formula is C28H34ClN7O. The molecule has 5 rings (SSSR count). The maximum Gasteiger partial charge on any atom is 0.253 e. The zero-order chi connectivity index (χ0) is 26.3. The molecule has 1 N–H and O–H groups in total. The van der Waals surface area contributed by atoms with Crippen LogP contribution in [0.25, 0.3) is 10.9 Å². The number of benzene rings is 2. The molecule has 1 aliphatic heterocycles. The smallest absolute Gasteiger partial charge is 0.253 e. The van der Waals surface area contributed by atoms with E-state index in [1.54, 1.807) is 0 Å². The number of hydrogen-bond acceptors (Lipinski definition) is 6. The summed E-state index contributed by atoms with van der Waals surface area (Å²) in [6.07, 6.45) is 0.854. The number of aromatic nitrogens is 5. The van der Waals surface area contributed by atoms with Crippen molar-refractivity contribution in [2.45, 2.75) is 52.6 Å². The minimum absolute atomic E-state index is 0.113. The molecule has 0 amide bonds. The Morgan fingerprint density at radius 1 is 1.05 bits per heavy atom. The second-order valence-corrected chi connectivity index (χ2v) is 11.1. The highest BCUT2D eigenvalue weighted by Gasteiger charge is 2.35. The van der Waals surface area contributed by atoms with Gasteiger partial charge in [0.15, 0.2) is 5.82 Å². The Labute approximate surface area is 222 Å². The second kappa shape index (κ2) is 9.91. The normalized spacial score (nSPS) is 15.9. The topological polar surface area (TPSA) is 82.9 Å². The van der Waals surface area contributed by atoms with E-state index in [4.69, 9.17) is 11.6 Å². The third-order valence-corrected chi connectivity index (χ3v) is 7.93. The molecule has 194 valence electrons. The number of aryl methyl sites for hydroxylation is 2. The van der Waals surface area contributed by atoms with Crippen LogP contribution in [0.2, 0.25) is 5.02 Å². The van der Waals surface area contributed by atoms with Gasteiger partial charge in [-0.15, -0.1) is 5.10 Å². The summed E-state index contributed by atoms with van der Waals surface area (Å²) in [5.74, 6) is 0.691. The fraction of sp³-hybridized carbons (Fsp3) is 0.429. The Balaban J connectivity index is 1.57. The van der Waals surface area contributed by atoms with Crippen molar-refractivity contribution >= 4 is 28.2 Å². The largest absolute Gasteiger partial charge is 0.369 e. The van der Waals surface area contributed by atoms with Gasteiger partial charge in [-0.2, -0.15) is 0 Å². The number of pyridine rings is 1. The SMILES string of the molecule is CCC(C)(C)n1nnnc1[C@@H](c1cc2cc(C)ccc2[nH]c1=O)N1CCN(c2cc(Cl)ccc2C)CC1. The van der Waals surface area contributed by atoms with E-state index in [0.29, 0.717) is 11.4 Å². The quantitative estimate of drug-likeness (QED) is 0.392. The predicted molar refractivity (Wildman–Crippen MR) is 149 cm³/mol. The summed E-state index contributed by atoms with van der Waals surface area (Å²) in [5, 5.41) is 14.7. The number of anilines is 1. The first-order chi connectivity index (χ1) is 17.7. The molecule has 1 saturated heterocycles. The van der Waals surface area contributed by atoms with Gasteiger partial charge in [-0.1, -0.05) is 36.2 Å². The van der Waals surface area contributed by atoms with E-state index >= 15 is 0 Å². The third-order valence-electron chi connectivity index (χ3n) is 7.69. The molecule has 9 heteroatoms. The number of tetrazole rings is 1. The molecule has 0 radical (unpaired) electrons. The summed E-state index contributed by atoms with van der Waals surface area (Å²) in [4.78, 5) is 21.3. The first-order valence-electron chi connectivity index (χ1n) is 12.9. The van der Waals surface area contributed by atoms with E-state index in [-0.39, 0.29) is 17.1 Å². The Morgan fingerprint density at radius 2 is 1.81 bits per heavy atom. The van der Waals surface area contributed by atoms with Crippen molar-refractivity contribution in [2.24, 2.45) is 0 Å². The molecule has 1 aliphatic rings. The van der Waals surface area contributed by atoms with Crippen molar-refractivity contribution in [1.82, 2.24) is 30.1 Å². The third kappa shape index (κ3) is 4.88. The van der Waals surface area contributed by atoms with Crippen LogP contribution in [-0.4, -0.2) is 56.3 Å². The zero-order valence-electron chi connectivity index (χ0n) is 22.1. The van der Waals surface area contributed by atoms with E-state index < -0.39 is 0 Å². The van der Waals surface area contributed by atoms with E-state index in [1.807, 2.05) is 35.0 Å². The Hall–Kier alpha value is -3.23. The van der Waals surface area contributed by atoms with Gasteiger partial charge in [0.05, 0.1) is 5.54 Å². The van der Waals surface area contributed by atoms with E-state index in [1.165, 1.54) is 5.56 Å². The molecule has 4 aromatic rings. The van der Waals surface area contributed by atoms with Crippen LogP contribution in [0.15, 0.2) is 47.3 Å². The lowest BCUT2D eigenvalue weighted by Crippen LogP contribution is -2.49. The molecule has 37 heavy (non-hydrogen) atoms. The number of hydrogen-bond donors (Lipinski definition) is 1. The molecule has 2 aromatic heterocycles. The lowest BCUT2D eigenvalue weighted by atomic mass is 9.98. The number of fused-ring (bicyclic) bond motifs is 1. The highest BCUT2D eigenvalue weighted by molar-refractivity contribution is 6.30. The number of piperazine rings is 1. The fourth-order valence-corrected chi connectivity index (χ4v) is 5.30. The lowest BCUT2D eigenvalue weighted by molar-refractivity contribution is 0.186. The summed E-state index contributed by atoms with van der Waals surface area (Å²) in [7, 11) is 0. The van der Waals surface area contributed by atoms with Gasteiger partial charge in [0.2, 0.25) is 0 Å². The molecule has 0 spiro atoms. The van der Waals surface area contributed by atoms with Gasteiger partial charge in [0.1, 0.15) is 6.04 Å². The summed E-state index contributed by atoms with van der Waals surface area (Å²) < 4.78 is 1.89. The zero-order valence-corrected chi connectivity index (χ0v) is 22.9. The van der Waals surface area contributed by atoms with Crippen molar-refractivity contribution in [3.05, 3.63) is 80.4 Å². The van der Waals surface area contributed by atoms with Gasteiger partial charge < -0.3 is 9.88 Å². The van der Waals surface area contributed by atoms with Crippen molar-refractivity contribution in [3.8, 4) is 0 Å². The Bertz CT molecular complexity index is 1480. The first kappa shape index (κ1) is 25.4. The predicted octanol–water partition coefficient (Wildman–Crippen LogP) is 4.84. The summed E-state index contributed by atoms with van der Waals surface area (Å²) in [6.45, 7) is 13.7. The van der Waals surface area contributed by atoms with Crippen LogP contribution >= 0.6 is 11.6 Å². The average Bonchev–Trinajstić information content (AvgIpc) is 3.37. The summed E-state index contributed by atoms with van der Waals surface area (Å²) in [6, 6.07) is 13.7. The Morgan fingerprint density at radius 3 is 2.54 bits per heavy atom. The van der Waals surface area contributed by atoms with E-state index in [2.05, 4.69) is 77.1 Å². The minimum atomic E-state index is -0.378. The highest BCUT2D eigenvalue weighted by atomic mass is 35.5. The molecule has 0 aliphatic carbocycles. The maximum atomic E-state index is 13.5. The van der Waals surface area contributed by atoms with Crippen molar-refractivity contribution in [3.63, 3.8) is 0 Å². The number of aromatic amines is 1. The second-order valence-electron chi connectivity index (χ2n) is 10.6. The number of rotatable bonds is 6. The molecule has 2 aromatic carbocycles. The van der Waals surface area contributed by atoms with E-state index in [9.17, 15) is 4.79 Å². The molecule has 0 saturated carbocycles. The molecule has 1 fully saturated rings. The summed E-state index contributed by atoms with van der Waals surface area (Å²) in [5.41, 5.74) is 4.57. The van der Waals surface area contributed by atoms with Crippen LogP contribution in [0.3, 0.4) is 0 Å². The monoisotopic (exact) mass is 519 g/mol. The van der Waals surface area contributed by atoms with Gasteiger partial charge in [-0.25, -0.2) is 4.68 Å². The number of nitrogens with zero attached hydrogens (tertiary/aromatic N) is 6. The highest BCUT2D eigenvalue weighted by Crippen LogP contribution is 2.33. The van der Waals surface area contributed by atoms with Crippen LogP contribution in [0.5, 0.6) is 0 Å². The number of halogens is 1. The molecule has 3 heterocycles. The van der Waals surface area contributed by atoms with Gasteiger partial charge >= 0.3 is 0 Å². The average molecular weight is 520 g/mol. The van der Waals surface area contributed by atoms with Crippen LogP contribution in [0.1, 0.15) is 55.7 Å². The van der Waals surface area contributed by atoms with Gasteiger partial charge in [0, 0.05) is 48.0 Å². The number of H-pyrrole nitrogens is 1. The van der Waals surface area contributed by atoms with Crippen LogP contribution in [-0.2, 0) is 5.54 Å². The molecule has 8 nitrogen and oxygen atoms in total. The first-order valence-corrected chi connectivity index (χ1v) is 13.2. The maximum absolute atomic E-state index is 13.5. The van der Waals surface area contributed by atoms with Crippen molar-refractivity contribution < 1.29 is 0 Å². The van der Waals surface area contributed by atoms with Crippen LogP contribution in [0, 0.1) is 13.8 Å². The lowest BCUT2D eigenvalue weighted by Gasteiger charge is -2.40. The Kier molecular flexibility index (Phi) is 6.81. The van der Waals surface area contributed by atoms with Crippen molar-refractivity contribution in [2.75, 3.05) is 31.1 Å². The van der Waals surface area contributed by atoms with E-state index in [0.717, 1.165) is 59.8 Å². The van der Waals surface area contributed by atoms with Gasteiger partial charge in [0.25, 0.3) is 5.56 Å². The minimum Gasteiger partial charge on any atom is -0.369 e. The standard InChI is InChI=1S/C28H34ClN7O/c1-6-28(4,5)36-26(31-32-33-36)25(22-16-20-15-18(2)7-10-23(20)30-27(22)37)35-13-11-34(12-14-35)24-17-21(29)9-8-19(24)3/h7-10,15-17,25H,6,11-14H2,1-5H3,(H,30,37)/t25-/m1/s1. The summed E-state index contributed by atoms with van der Waals surface area (Å²) >= 11 is 6.31. The molecule has 0 bridgehead atoms. The molecule has 0 unspecified atom stereocenters. The fourth-order valence-electron chi connectivity index (χ4n) is 5.13. The molecular weight excluding hydrogens is 486 g/mol. The van der Waals surface area contributed by atoms with Crippen molar-refractivity contribution in [1.29, 1.82) is 0 Å². The van der Waals surface area contributed by atoms with Crippen LogP contribution < -0.4 is 10.5 Å². The van der Waals surface area contributed by atoms with Gasteiger partial charge in [-0.05, 0) is 85.8 Å². The van der Waals surface area contributed by atoms with Crippen LogP contribution in [0.4, 0.5) is 5.69 Å². The van der Waals surface area contributed by atoms with Gasteiger partial charge in [-0.3, -0.25) is 9.69 Å². The molecule has 1 atom stereocenters.